The summed E-state index contributed by atoms with van der Waals surface area (Å²) in [6.07, 6.45) is 0.567. The fourth-order valence-electron chi connectivity index (χ4n) is 1.37. The van der Waals surface area contributed by atoms with Crippen LogP contribution in [0.25, 0.3) is 0 Å². The van der Waals surface area contributed by atoms with E-state index in [0.717, 1.165) is 0 Å². The van der Waals surface area contributed by atoms with Crippen LogP contribution in [-0.2, 0) is 11.2 Å². The van der Waals surface area contributed by atoms with Crippen molar-refractivity contribution in [3.63, 3.8) is 0 Å². The van der Waals surface area contributed by atoms with Crippen LogP contribution in [0.2, 0.25) is 0 Å². The Bertz CT molecular complexity index is 444. The fourth-order valence-corrected chi connectivity index (χ4v) is 1.37. The van der Waals surface area contributed by atoms with Crippen LogP contribution in [0.1, 0.15) is 19.4 Å². The molecule has 1 aromatic carbocycles. The molecule has 0 spiro atoms. The van der Waals surface area contributed by atoms with E-state index in [1.165, 1.54) is 6.07 Å². The molecule has 0 aromatic heterocycles. The van der Waals surface area contributed by atoms with Gasteiger partial charge in [-0.25, -0.2) is 0 Å². The summed E-state index contributed by atoms with van der Waals surface area (Å²) in [6.45, 7) is 3.38. The first-order valence-corrected chi connectivity index (χ1v) is 5.29. The highest BCUT2D eigenvalue weighted by Crippen LogP contribution is 2.23. The quantitative estimate of drug-likeness (QED) is 0.611. The van der Waals surface area contributed by atoms with Gasteiger partial charge in [0.1, 0.15) is 0 Å². The van der Waals surface area contributed by atoms with Crippen molar-refractivity contribution < 1.29 is 9.72 Å². The van der Waals surface area contributed by atoms with E-state index in [1.807, 2.05) is 6.92 Å². The number of anilines is 1. The summed E-state index contributed by atoms with van der Waals surface area (Å²) in [6, 6.07) is 3.96. The first-order valence-electron chi connectivity index (χ1n) is 5.29. The van der Waals surface area contributed by atoms with Gasteiger partial charge in [0.15, 0.2) is 0 Å². The van der Waals surface area contributed by atoms with Crippen molar-refractivity contribution in [2.24, 2.45) is 5.73 Å². The van der Waals surface area contributed by atoms with Crippen LogP contribution in [0.15, 0.2) is 18.2 Å². The smallest absolute Gasteiger partial charge is 0.274 e. The van der Waals surface area contributed by atoms with Gasteiger partial charge in [0.05, 0.1) is 11.0 Å². The zero-order chi connectivity index (χ0) is 13.0. The lowest BCUT2D eigenvalue weighted by atomic mass is 10.1. The van der Waals surface area contributed by atoms with E-state index in [9.17, 15) is 14.9 Å². The third-order valence-electron chi connectivity index (χ3n) is 2.34. The molecule has 0 aliphatic carbocycles. The summed E-state index contributed by atoms with van der Waals surface area (Å²) in [5.74, 6) is -0.372. The van der Waals surface area contributed by atoms with E-state index in [1.54, 1.807) is 19.1 Å². The average Bonchev–Trinajstić information content (AvgIpc) is 2.28. The van der Waals surface area contributed by atoms with Gasteiger partial charge in [0.25, 0.3) is 5.69 Å². The maximum Gasteiger partial charge on any atom is 0.274 e. The van der Waals surface area contributed by atoms with Crippen LogP contribution in [0.5, 0.6) is 0 Å². The van der Waals surface area contributed by atoms with Crippen molar-refractivity contribution in [1.82, 2.24) is 0 Å². The molecule has 0 fully saturated rings. The van der Waals surface area contributed by atoms with Crippen molar-refractivity contribution in [2.45, 2.75) is 26.3 Å². The number of amides is 1. The monoisotopic (exact) mass is 237 g/mol. The topological polar surface area (TPSA) is 98.3 Å². The highest BCUT2D eigenvalue weighted by molar-refractivity contribution is 5.94. The van der Waals surface area contributed by atoms with E-state index in [4.69, 9.17) is 5.73 Å². The second kappa shape index (κ2) is 5.40. The molecule has 0 aliphatic rings. The largest absolute Gasteiger partial charge is 0.324 e. The van der Waals surface area contributed by atoms with Gasteiger partial charge in [-0.3, -0.25) is 14.9 Å². The summed E-state index contributed by atoms with van der Waals surface area (Å²) in [5.41, 5.74) is 6.42. The third kappa shape index (κ3) is 3.25. The van der Waals surface area contributed by atoms with Gasteiger partial charge in [0, 0.05) is 17.3 Å². The number of hydrogen-bond acceptors (Lipinski definition) is 4. The molecule has 1 amide bonds. The minimum atomic E-state index is -0.653. The van der Waals surface area contributed by atoms with Crippen molar-refractivity contribution >= 4 is 17.3 Å². The lowest BCUT2D eigenvalue weighted by Crippen LogP contribution is -2.32. The molecule has 0 saturated carbocycles. The molecule has 17 heavy (non-hydrogen) atoms. The summed E-state index contributed by atoms with van der Waals surface area (Å²) < 4.78 is 0. The predicted octanol–water partition coefficient (Wildman–Crippen LogP) is 1.44. The minimum Gasteiger partial charge on any atom is -0.324 e. The second-order valence-electron chi connectivity index (χ2n) is 3.73. The average molecular weight is 237 g/mol. The van der Waals surface area contributed by atoms with Crippen LogP contribution in [0.4, 0.5) is 11.4 Å². The highest BCUT2D eigenvalue weighted by Gasteiger charge is 2.15. The summed E-state index contributed by atoms with van der Waals surface area (Å²) in [4.78, 5) is 21.7. The van der Waals surface area contributed by atoms with Crippen molar-refractivity contribution in [1.29, 1.82) is 0 Å². The molecule has 0 aliphatic heterocycles. The molecule has 3 N–H and O–H groups in total. The fraction of sp³-hybridized carbons (Fsp3) is 0.364. The summed E-state index contributed by atoms with van der Waals surface area (Å²) >= 11 is 0. The Morgan fingerprint density at radius 1 is 1.59 bits per heavy atom. The van der Waals surface area contributed by atoms with Crippen LogP contribution >= 0.6 is 0 Å². The molecule has 1 atom stereocenters. The number of benzene rings is 1. The van der Waals surface area contributed by atoms with Gasteiger partial charge < -0.3 is 11.1 Å². The van der Waals surface area contributed by atoms with E-state index in [0.29, 0.717) is 17.7 Å². The molecule has 0 bridgehead atoms. The van der Waals surface area contributed by atoms with Crippen molar-refractivity contribution in [3.05, 3.63) is 33.9 Å². The zero-order valence-corrected chi connectivity index (χ0v) is 9.77. The van der Waals surface area contributed by atoms with Gasteiger partial charge in [-0.05, 0) is 19.4 Å². The van der Waals surface area contributed by atoms with Gasteiger partial charge >= 0.3 is 0 Å². The molecule has 0 saturated heterocycles. The summed E-state index contributed by atoms with van der Waals surface area (Å²) in [7, 11) is 0. The molecule has 6 nitrogen and oxygen atoms in total. The van der Waals surface area contributed by atoms with E-state index >= 15 is 0 Å². The Kier molecular flexibility index (Phi) is 4.17. The van der Waals surface area contributed by atoms with Gasteiger partial charge in [0.2, 0.25) is 5.91 Å². The van der Waals surface area contributed by atoms with Crippen LogP contribution in [-0.4, -0.2) is 16.9 Å². The Morgan fingerprint density at radius 2 is 2.24 bits per heavy atom. The third-order valence-corrected chi connectivity index (χ3v) is 2.34. The minimum absolute atomic E-state index is 0.00924. The zero-order valence-electron chi connectivity index (χ0n) is 9.77. The number of carbonyl (C=O) groups is 1. The first-order chi connectivity index (χ1) is 7.95. The van der Waals surface area contributed by atoms with E-state index in [2.05, 4.69) is 5.32 Å². The predicted molar refractivity (Wildman–Crippen MR) is 64.8 cm³/mol. The van der Waals surface area contributed by atoms with Crippen LogP contribution in [0.3, 0.4) is 0 Å². The molecule has 0 radical (unpaired) electrons. The van der Waals surface area contributed by atoms with Gasteiger partial charge in [-0.15, -0.1) is 0 Å². The first kappa shape index (κ1) is 13.1. The number of carbonyl (C=O) groups excluding carboxylic acids is 1. The SMILES string of the molecule is CCc1ccc(NC(=O)[C@@H](C)N)cc1[N+](=O)[O-]. The normalized spacial score (nSPS) is 11.9. The number of rotatable bonds is 4. The molecule has 0 unspecified atom stereocenters. The Hall–Kier alpha value is -1.95. The highest BCUT2D eigenvalue weighted by atomic mass is 16.6. The number of nitrogens with two attached hydrogens (primary N) is 1. The number of nitrogens with zero attached hydrogens (tertiary/aromatic N) is 1. The number of nitrogens with one attached hydrogen (secondary N) is 1. The Labute approximate surface area is 99.0 Å². The second-order valence-corrected chi connectivity index (χ2v) is 3.73. The standard InChI is InChI=1S/C11H15N3O3/c1-3-8-4-5-9(6-10(8)14(16)17)13-11(15)7(2)12/h4-7H,3,12H2,1-2H3,(H,13,15)/t7-/m1/s1. The van der Waals surface area contributed by atoms with E-state index in [-0.39, 0.29) is 11.6 Å². The van der Waals surface area contributed by atoms with E-state index < -0.39 is 11.0 Å². The number of nitro groups is 1. The molecule has 6 heteroatoms. The maximum atomic E-state index is 11.3. The molecule has 0 heterocycles. The molecule has 1 aromatic rings. The van der Waals surface area contributed by atoms with Crippen LogP contribution in [0, 0.1) is 10.1 Å². The number of aryl methyl sites for hydroxylation is 1. The number of hydrogen-bond donors (Lipinski definition) is 2. The Morgan fingerprint density at radius 3 is 2.71 bits per heavy atom. The van der Waals surface area contributed by atoms with Crippen molar-refractivity contribution in [3.8, 4) is 0 Å². The van der Waals surface area contributed by atoms with Gasteiger partial charge in [-0.1, -0.05) is 13.0 Å². The summed E-state index contributed by atoms with van der Waals surface area (Å²) in [5, 5.41) is 13.3. The maximum absolute atomic E-state index is 11.3. The van der Waals surface area contributed by atoms with Crippen LogP contribution < -0.4 is 11.1 Å². The lowest BCUT2D eigenvalue weighted by molar-refractivity contribution is -0.385. The molecule has 92 valence electrons. The Balaban J connectivity index is 3.00. The van der Waals surface area contributed by atoms with Crippen molar-refractivity contribution in [2.75, 3.05) is 5.32 Å². The molecular weight excluding hydrogens is 222 g/mol. The lowest BCUT2D eigenvalue weighted by Gasteiger charge is -2.08. The molecule has 1 rings (SSSR count). The molecular formula is C11H15N3O3. The number of nitro benzene ring substituents is 1. The van der Waals surface area contributed by atoms with Gasteiger partial charge in [-0.2, -0.15) is 0 Å².